The smallest absolute Gasteiger partial charge is 0.0714 e. The van der Waals surface area contributed by atoms with Crippen molar-refractivity contribution in [1.82, 2.24) is 0 Å². The summed E-state index contributed by atoms with van der Waals surface area (Å²) in [7, 11) is 0. The Hall–Kier alpha value is -8.26. The van der Waals surface area contributed by atoms with Crippen LogP contribution in [0, 0.1) is 0 Å². The van der Waals surface area contributed by atoms with Gasteiger partial charge in [0.25, 0.3) is 0 Å². The average molecular weight is 814 g/mol. The van der Waals surface area contributed by atoms with Gasteiger partial charge in [-0.3, -0.25) is 0 Å². The third-order valence-corrected chi connectivity index (χ3v) is 13.3. The van der Waals surface area contributed by atoms with Crippen LogP contribution in [0.15, 0.2) is 261 Å². The Kier molecular flexibility index (Phi) is 9.13. The van der Waals surface area contributed by atoms with E-state index in [1.165, 1.54) is 88.3 Å². The fraction of sp³-hybridized carbons (Fsp3) is 0.0159. The maximum absolute atomic E-state index is 2.53. The van der Waals surface area contributed by atoms with Gasteiger partial charge in [0, 0.05) is 22.3 Å². The van der Waals surface area contributed by atoms with Crippen LogP contribution in [0.1, 0.15) is 22.3 Å². The SMILES string of the molecule is c1ccc(-c2ccc(N(c3ccc4c(c3)C(c3ccccc3)(c3ccccc3)c3cc(-c5ccccc5)ccc3-4)c3c(-c4ccccc4)c4ccccc4c4ccccc34)cc2)cc1. The first-order valence-electron chi connectivity index (χ1n) is 22.2. The molecule has 300 valence electrons. The number of hydrogen-bond acceptors (Lipinski definition) is 1. The van der Waals surface area contributed by atoms with Crippen LogP contribution in [0.5, 0.6) is 0 Å². The molecule has 0 aliphatic heterocycles. The summed E-state index contributed by atoms with van der Waals surface area (Å²) in [6.07, 6.45) is 0. The summed E-state index contributed by atoms with van der Waals surface area (Å²) in [5.74, 6) is 0. The maximum atomic E-state index is 2.53. The molecule has 0 radical (unpaired) electrons. The van der Waals surface area contributed by atoms with Gasteiger partial charge in [0.2, 0.25) is 0 Å². The maximum Gasteiger partial charge on any atom is 0.0714 e. The second kappa shape index (κ2) is 15.6. The van der Waals surface area contributed by atoms with Crippen LogP contribution in [0.2, 0.25) is 0 Å². The molecule has 0 aromatic heterocycles. The number of benzene rings is 11. The van der Waals surface area contributed by atoms with Crippen LogP contribution in [-0.2, 0) is 5.41 Å². The molecule has 11 aromatic carbocycles. The molecule has 1 nitrogen and oxygen atoms in total. The summed E-state index contributed by atoms with van der Waals surface area (Å²) in [6.45, 7) is 0. The van der Waals surface area contributed by atoms with E-state index in [1.54, 1.807) is 0 Å². The van der Waals surface area contributed by atoms with Crippen molar-refractivity contribution in [2.75, 3.05) is 4.90 Å². The number of rotatable bonds is 8. The molecular weight excluding hydrogens is 771 g/mol. The van der Waals surface area contributed by atoms with Crippen LogP contribution in [0.3, 0.4) is 0 Å². The lowest BCUT2D eigenvalue weighted by Gasteiger charge is -2.35. The van der Waals surface area contributed by atoms with E-state index in [-0.39, 0.29) is 0 Å². The Balaban J connectivity index is 1.19. The number of fused-ring (bicyclic) bond motifs is 6. The number of nitrogens with zero attached hydrogens (tertiary/aromatic N) is 1. The summed E-state index contributed by atoms with van der Waals surface area (Å²) in [6, 6.07) is 96.1. The molecule has 0 saturated heterocycles. The Morgan fingerprint density at radius 2 is 0.656 bits per heavy atom. The van der Waals surface area contributed by atoms with Gasteiger partial charge < -0.3 is 4.90 Å². The molecule has 0 heterocycles. The van der Waals surface area contributed by atoms with Crippen molar-refractivity contribution in [2.45, 2.75) is 5.41 Å². The number of anilines is 3. The summed E-state index contributed by atoms with van der Waals surface area (Å²) < 4.78 is 0. The predicted octanol–water partition coefficient (Wildman–Crippen LogP) is 16.8. The largest absolute Gasteiger partial charge is 0.309 e. The van der Waals surface area contributed by atoms with Crippen molar-refractivity contribution in [1.29, 1.82) is 0 Å². The van der Waals surface area contributed by atoms with Gasteiger partial charge in [0.05, 0.1) is 11.1 Å². The van der Waals surface area contributed by atoms with Crippen LogP contribution >= 0.6 is 0 Å². The topological polar surface area (TPSA) is 3.24 Å². The Labute approximate surface area is 374 Å². The molecule has 0 fully saturated rings. The highest BCUT2D eigenvalue weighted by molar-refractivity contribution is 6.22. The minimum atomic E-state index is -0.607. The number of hydrogen-bond donors (Lipinski definition) is 0. The molecule has 0 spiro atoms. The van der Waals surface area contributed by atoms with E-state index < -0.39 is 5.41 Å². The summed E-state index contributed by atoms with van der Waals surface area (Å²) in [5, 5.41) is 4.88. The minimum absolute atomic E-state index is 0.607. The average Bonchev–Trinajstić information content (AvgIpc) is 3.67. The molecule has 11 aromatic rings. The summed E-state index contributed by atoms with van der Waals surface area (Å²) in [4.78, 5) is 2.53. The summed E-state index contributed by atoms with van der Waals surface area (Å²) in [5.41, 5.74) is 17.4. The van der Waals surface area contributed by atoms with Gasteiger partial charge in [0.1, 0.15) is 0 Å². The molecular formula is C63H43N. The van der Waals surface area contributed by atoms with Gasteiger partial charge in [-0.05, 0) is 108 Å². The van der Waals surface area contributed by atoms with Crippen molar-refractivity contribution >= 4 is 38.6 Å². The van der Waals surface area contributed by atoms with Gasteiger partial charge in [-0.2, -0.15) is 0 Å². The van der Waals surface area contributed by atoms with Gasteiger partial charge in [0.15, 0.2) is 0 Å². The fourth-order valence-corrected chi connectivity index (χ4v) is 10.5. The molecule has 0 amide bonds. The molecule has 0 unspecified atom stereocenters. The Morgan fingerprint density at radius 3 is 1.23 bits per heavy atom. The molecule has 1 aliphatic rings. The lowest BCUT2D eigenvalue weighted by molar-refractivity contribution is 0.768. The van der Waals surface area contributed by atoms with Crippen LogP contribution < -0.4 is 4.90 Å². The highest BCUT2D eigenvalue weighted by Crippen LogP contribution is 2.59. The van der Waals surface area contributed by atoms with Crippen molar-refractivity contribution in [3.05, 3.63) is 283 Å². The first-order chi connectivity index (χ1) is 31.8. The monoisotopic (exact) mass is 813 g/mol. The Morgan fingerprint density at radius 1 is 0.266 bits per heavy atom. The van der Waals surface area contributed by atoms with E-state index in [9.17, 15) is 0 Å². The van der Waals surface area contributed by atoms with E-state index in [2.05, 4.69) is 266 Å². The van der Waals surface area contributed by atoms with Crippen LogP contribution in [-0.4, -0.2) is 0 Å². The normalized spacial score (nSPS) is 12.5. The van der Waals surface area contributed by atoms with Crippen molar-refractivity contribution in [3.63, 3.8) is 0 Å². The van der Waals surface area contributed by atoms with Crippen molar-refractivity contribution in [3.8, 4) is 44.5 Å². The molecule has 1 heteroatoms. The van der Waals surface area contributed by atoms with Crippen LogP contribution in [0.4, 0.5) is 17.1 Å². The lowest BCUT2D eigenvalue weighted by Crippen LogP contribution is -2.29. The zero-order chi connectivity index (χ0) is 42.5. The predicted molar refractivity (Wildman–Crippen MR) is 270 cm³/mol. The van der Waals surface area contributed by atoms with Gasteiger partial charge in [-0.15, -0.1) is 0 Å². The second-order valence-corrected chi connectivity index (χ2v) is 16.8. The highest BCUT2D eigenvalue weighted by atomic mass is 15.1. The van der Waals surface area contributed by atoms with E-state index in [0.29, 0.717) is 0 Å². The quantitative estimate of drug-likeness (QED) is 0.138. The summed E-state index contributed by atoms with van der Waals surface area (Å²) >= 11 is 0. The van der Waals surface area contributed by atoms with E-state index in [0.717, 1.165) is 17.1 Å². The highest BCUT2D eigenvalue weighted by Gasteiger charge is 2.46. The zero-order valence-corrected chi connectivity index (χ0v) is 35.3. The van der Waals surface area contributed by atoms with Gasteiger partial charge in [-0.25, -0.2) is 0 Å². The minimum Gasteiger partial charge on any atom is -0.309 e. The third-order valence-electron chi connectivity index (χ3n) is 13.3. The second-order valence-electron chi connectivity index (χ2n) is 16.8. The van der Waals surface area contributed by atoms with E-state index in [1.807, 2.05) is 0 Å². The molecule has 64 heavy (non-hydrogen) atoms. The van der Waals surface area contributed by atoms with Crippen molar-refractivity contribution < 1.29 is 0 Å². The standard InChI is InChI=1S/C63H43N/c1-6-20-44(21-7-1)46-34-37-51(38-35-46)64(62-58-33-19-17-31-54(58)53-30-16-18-32-57(53)61(62)47-24-10-3-11-25-47)52-39-41-56-55-40-36-48(45-22-8-2-9-23-45)42-59(55)63(60(56)43-52,49-26-12-4-13-27-49)50-28-14-5-15-29-50/h1-43H. The molecule has 12 rings (SSSR count). The van der Waals surface area contributed by atoms with E-state index in [4.69, 9.17) is 0 Å². The third kappa shape index (κ3) is 6.01. The van der Waals surface area contributed by atoms with Crippen LogP contribution in [0.25, 0.3) is 66.1 Å². The molecule has 0 N–H and O–H groups in total. The van der Waals surface area contributed by atoms with E-state index >= 15 is 0 Å². The van der Waals surface area contributed by atoms with Crippen molar-refractivity contribution in [2.24, 2.45) is 0 Å². The van der Waals surface area contributed by atoms with Gasteiger partial charge >= 0.3 is 0 Å². The lowest BCUT2D eigenvalue weighted by atomic mass is 9.67. The molecule has 0 bridgehead atoms. The fourth-order valence-electron chi connectivity index (χ4n) is 10.5. The first kappa shape index (κ1) is 37.5. The van der Waals surface area contributed by atoms with Gasteiger partial charge in [-0.1, -0.05) is 231 Å². The first-order valence-corrected chi connectivity index (χ1v) is 22.2. The molecule has 0 saturated carbocycles. The molecule has 0 atom stereocenters. The molecule has 1 aliphatic carbocycles. The Bertz CT molecular complexity index is 3410. The zero-order valence-electron chi connectivity index (χ0n) is 35.3.